The zero-order valence-corrected chi connectivity index (χ0v) is 14.7. The number of hydrazine groups is 1. The predicted molar refractivity (Wildman–Crippen MR) is 85.3 cm³/mol. The number of amides is 4. The van der Waals surface area contributed by atoms with E-state index in [-0.39, 0.29) is 24.9 Å². The van der Waals surface area contributed by atoms with Gasteiger partial charge in [-0.25, -0.2) is 4.79 Å². The minimum Gasteiger partial charge on any atom is -0.309 e. The Balaban J connectivity index is 1.56. The summed E-state index contributed by atoms with van der Waals surface area (Å²) in [6.45, 7) is 0.826. The molecule has 3 saturated heterocycles. The lowest BCUT2D eigenvalue weighted by Crippen LogP contribution is -2.57. The lowest BCUT2D eigenvalue weighted by atomic mass is 10.0. The fraction of sp³-hybridized carbons (Fsp3) is 0.769. The molecule has 3 aliphatic rings. The first kappa shape index (κ1) is 18.8. The average molecular weight is 391 g/mol. The fourth-order valence-electron chi connectivity index (χ4n) is 3.47. The van der Waals surface area contributed by atoms with Crippen LogP contribution >= 0.6 is 0 Å². The molecule has 1 unspecified atom stereocenters. The van der Waals surface area contributed by atoms with E-state index in [4.69, 9.17) is 4.55 Å². The molecular formula is C13H21N5O7S. The highest BCUT2D eigenvalue weighted by Crippen LogP contribution is 2.30. The molecule has 0 spiro atoms. The van der Waals surface area contributed by atoms with E-state index in [2.05, 4.69) is 20.5 Å². The number of piperidine rings is 2. The highest BCUT2D eigenvalue weighted by Gasteiger charge is 2.49. The number of carbonyl (C=O) groups excluding carboxylic acids is 3. The summed E-state index contributed by atoms with van der Waals surface area (Å²) in [5.74, 6) is -0.925. The largest absolute Gasteiger partial charge is 0.418 e. The van der Waals surface area contributed by atoms with Crippen LogP contribution in [-0.4, -0.2) is 72.0 Å². The van der Waals surface area contributed by atoms with Crippen LogP contribution in [0.5, 0.6) is 0 Å². The average Bonchev–Trinajstić information content (AvgIpc) is 2.84. The van der Waals surface area contributed by atoms with Gasteiger partial charge in [0.05, 0.1) is 12.1 Å². The molecule has 146 valence electrons. The summed E-state index contributed by atoms with van der Waals surface area (Å²) in [6.07, 6.45) is 3.19. The second-order valence-corrected chi connectivity index (χ2v) is 7.50. The summed E-state index contributed by atoms with van der Waals surface area (Å²) < 4.78 is 34.8. The molecule has 2 bridgehead atoms. The molecule has 3 heterocycles. The highest BCUT2D eigenvalue weighted by atomic mass is 32.3. The topological polar surface area (TPSA) is 157 Å². The summed E-state index contributed by atoms with van der Waals surface area (Å²) in [5.41, 5.74) is 4.67. The van der Waals surface area contributed by atoms with E-state index < -0.39 is 34.4 Å². The van der Waals surface area contributed by atoms with Crippen molar-refractivity contribution in [1.29, 1.82) is 0 Å². The lowest BCUT2D eigenvalue weighted by molar-refractivity contribution is -0.133. The van der Waals surface area contributed by atoms with Gasteiger partial charge in [0.1, 0.15) is 6.04 Å². The number of hydrogen-bond acceptors (Lipinski definition) is 7. The van der Waals surface area contributed by atoms with E-state index in [0.717, 1.165) is 24.3 Å². The maximum Gasteiger partial charge on any atom is 0.418 e. The van der Waals surface area contributed by atoms with Crippen molar-refractivity contribution in [2.45, 2.75) is 50.2 Å². The first-order chi connectivity index (χ1) is 12.3. The molecule has 0 aromatic carbocycles. The van der Waals surface area contributed by atoms with Crippen molar-refractivity contribution < 1.29 is 31.6 Å². The number of rotatable bonds is 4. The quantitative estimate of drug-likeness (QED) is 0.325. The minimum atomic E-state index is -4.84. The fourth-order valence-corrected chi connectivity index (χ4v) is 3.86. The van der Waals surface area contributed by atoms with Crippen LogP contribution in [0.15, 0.2) is 0 Å². The van der Waals surface area contributed by atoms with Gasteiger partial charge in [0.25, 0.3) is 11.8 Å². The van der Waals surface area contributed by atoms with Crippen LogP contribution in [0.25, 0.3) is 0 Å². The first-order valence-corrected chi connectivity index (χ1v) is 9.73. The maximum absolute atomic E-state index is 12.3. The Bertz CT molecular complexity index is 693. The zero-order valence-electron chi connectivity index (χ0n) is 13.9. The smallest absolute Gasteiger partial charge is 0.309 e. The van der Waals surface area contributed by atoms with Gasteiger partial charge in [-0.15, -0.1) is 4.28 Å². The number of nitrogens with zero attached hydrogens (tertiary/aromatic N) is 2. The summed E-state index contributed by atoms with van der Waals surface area (Å²) in [4.78, 5) is 37.8. The molecule has 3 rings (SSSR count). The Hall–Kier alpha value is -1.96. The summed E-state index contributed by atoms with van der Waals surface area (Å²) in [6, 6.07) is -2.64. The highest BCUT2D eigenvalue weighted by molar-refractivity contribution is 7.80. The summed E-state index contributed by atoms with van der Waals surface area (Å²) in [7, 11) is -4.84. The van der Waals surface area contributed by atoms with Crippen LogP contribution in [-0.2, 0) is 24.3 Å². The normalized spacial score (nSPS) is 28.8. The molecular weight excluding hydrogens is 370 g/mol. The van der Waals surface area contributed by atoms with Crippen LogP contribution in [0.1, 0.15) is 32.1 Å². The van der Waals surface area contributed by atoms with Crippen molar-refractivity contribution >= 4 is 28.2 Å². The Kier molecular flexibility index (Phi) is 5.32. The number of hydrogen-bond donors (Lipinski definition) is 4. The van der Waals surface area contributed by atoms with Gasteiger partial charge in [-0.1, -0.05) is 6.42 Å². The number of nitrogens with one attached hydrogen (secondary N) is 3. The standard InChI is InChI=1S/C13H21N5O7S/c19-11(9-3-1-2-6-14-9)15-16-12(20)10-5-4-8-7-17(10)13(21)18(8)25-26(22,23)24/h8-10,14H,1-7H2,(H,15,19)(H,16,20)(H,22,23,24)/t8-,9-,10?/m1/s1. The van der Waals surface area contributed by atoms with Gasteiger partial charge >= 0.3 is 16.4 Å². The molecule has 3 fully saturated rings. The van der Waals surface area contributed by atoms with Gasteiger partial charge in [-0.2, -0.15) is 13.5 Å². The lowest BCUT2D eigenvalue weighted by Gasteiger charge is -2.29. The third-order valence-corrected chi connectivity index (χ3v) is 5.08. The molecule has 3 aliphatic heterocycles. The van der Waals surface area contributed by atoms with Crippen LogP contribution in [0.4, 0.5) is 4.79 Å². The number of fused-ring (bicyclic) bond motifs is 2. The molecule has 0 saturated carbocycles. The number of hydroxylamine groups is 2. The minimum absolute atomic E-state index is 0.0879. The molecule has 26 heavy (non-hydrogen) atoms. The first-order valence-electron chi connectivity index (χ1n) is 8.36. The van der Waals surface area contributed by atoms with Crippen molar-refractivity contribution in [3.8, 4) is 0 Å². The van der Waals surface area contributed by atoms with Crippen molar-refractivity contribution in [2.24, 2.45) is 0 Å². The van der Waals surface area contributed by atoms with E-state index >= 15 is 0 Å². The van der Waals surface area contributed by atoms with E-state index in [1.165, 1.54) is 0 Å². The van der Waals surface area contributed by atoms with Crippen molar-refractivity contribution in [3.63, 3.8) is 0 Å². The van der Waals surface area contributed by atoms with E-state index in [0.29, 0.717) is 17.9 Å². The third-order valence-electron chi connectivity index (χ3n) is 4.74. The number of carbonyl (C=O) groups is 3. The molecule has 0 aromatic rings. The Morgan fingerprint density at radius 1 is 1.15 bits per heavy atom. The van der Waals surface area contributed by atoms with E-state index in [1.807, 2.05) is 0 Å². The van der Waals surface area contributed by atoms with Gasteiger partial charge in [-0.3, -0.25) is 25.0 Å². The summed E-state index contributed by atoms with van der Waals surface area (Å²) in [5, 5.41) is 3.61. The Morgan fingerprint density at radius 3 is 2.54 bits per heavy atom. The molecule has 0 aromatic heterocycles. The molecule has 13 heteroatoms. The predicted octanol–water partition coefficient (Wildman–Crippen LogP) is -1.72. The molecule has 0 aliphatic carbocycles. The molecule has 4 amide bonds. The van der Waals surface area contributed by atoms with Crippen LogP contribution in [0, 0.1) is 0 Å². The van der Waals surface area contributed by atoms with Gasteiger partial charge in [-0.05, 0) is 32.2 Å². The summed E-state index contributed by atoms with van der Waals surface area (Å²) >= 11 is 0. The van der Waals surface area contributed by atoms with E-state index in [1.54, 1.807) is 0 Å². The van der Waals surface area contributed by atoms with Crippen molar-refractivity contribution in [2.75, 3.05) is 13.1 Å². The third kappa shape index (κ3) is 4.06. The second kappa shape index (κ2) is 7.34. The Morgan fingerprint density at radius 2 is 1.88 bits per heavy atom. The van der Waals surface area contributed by atoms with Crippen LogP contribution < -0.4 is 16.2 Å². The second-order valence-electron chi connectivity index (χ2n) is 6.49. The van der Waals surface area contributed by atoms with Crippen molar-refractivity contribution in [1.82, 2.24) is 26.1 Å². The van der Waals surface area contributed by atoms with Gasteiger partial charge in [0.2, 0.25) is 0 Å². The molecule has 12 nitrogen and oxygen atoms in total. The maximum atomic E-state index is 12.3. The molecule has 3 atom stereocenters. The molecule has 0 radical (unpaired) electrons. The van der Waals surface area contributed by atoms with Gasteiger partial charge in [0, 0.05) is 6.54 Å². The van der Waals surface area contributed by atoms with Crippen molar-refractivity contribution in [3.05, 3.63) is 0 Å². The van der Waals surface area contributed by atoms with Gasteiger partial charge < -0.3 is 10.2 Å². The SMILES string of the molecule is O=C(NNC(=O)[C@H]1CCCCN1)C1CC[C@@H]2CN1C(=O)N2OS(=O)(=O)O. The van der Waals surface area contributed by atoms with E-state index in [9.17, 15) is 22.8 Å². The zero-order chi connectivity index (χ0) is 18.9. The van der Waals surface area contributed by atoms with Gasteiger partial charge in [0.15, 0.2) is 0 Å². The number of urea groups is 1. The van der Waals surface area contributed by atoms with Crippen LogP contribution in [0.3, 0.4) is 0 Å². The monoisotopic (exact) mass is 391 g/mol. The van der Waals surface area contributed by atoms with Crippen LogP contribution in [0.2, 0.25) is 0 Å². The Labute approximate surface area is 150 Å². The molecule has 4 N–H and O–H groups in total.